The van der Waals surface area contributed by atoms with Gasteiger partial charge >= 0.3 is 0 Å². The third kappa shape index (κ3) is 4.88. The van der Waals surface area contributed by atoms with Crippen LogP contribution in [0, 0.1) is 0 Å². The van der Waals surface area contributed by atoms with E-state index in [0.29, 0.717) is 0 Å². The van der Waals surface area contributed by atoms with E-state index in [1.807, 2.05) is 62.4 Å². The van der Waals surface area contributed by atoms with Crippen molar-refractivity contribution in [2.75, 3.05) is 30.8 Å². The van der Waals surface area contributed by atoms with Crippen LogP contribution >= 0.6 is 0 Å². The van der Waals surface area contributed by atoms with Gasteiger partial charge in [0.05, 0.1) is 18.9 Å². The third-order valence-corrected chi connectivity index (χ3v) is 3.10. The number of anilines is 2. The Kier molecular flexibility index (Phi) is 5.95. The molecule has 0 saturated heterocycles. The summed E-state index contributed by atoms with van der Waals surface area (Å²) < 4.78 is 10.9. The zero-order valence-electron chi connectivity index (χ0n) is 13.4. The smallest absolute Gasteiger partial charge is 0.141 e. The van der Waals surface area contributed by atoms with Crippen LogP contribution < -0.4 is 20.1 Å². The number of nitrogens with one attached hydrogen (secondary N) is 2. The van der Waals surface area contributed by atoms with Crippen LogP contribution in [0.1, 0.15) is 13.8 Å². The summed E-state index contributed by atoms with van der Waals surface area (Å²) in [6.45, 7) is 5.68. The summed E-state index contributed by atoms with van der Waals surface area (Å²) >= 11 is 0. The minimum Gasteiger partial charge on any atom is -0.495 e. The number of methoxy groups -OCH3 is 1. The number of rotatable bonds is 8. The van der Waals surface area contributed by atoms with Gasteiger partial charge in [-0.15, -0.1) is 0 Å². The fraction of sp³-hybridized carbons (Fsp3) is 0.333. The summed E-state index contributed by atoms with van der Waals surface area (Å²) in [4.78, 5) is 0. The molecule has 2 aromatic carbocycles. The first kappa shape index (κ1) is 16.0. The minimum absolute atomic E-state index is 0.198. The van der Waals surface area contributed by atoms with Crippen molar-refractivity contribution in [3.8, 4) is 11.5 Å². The monoisotopic (exact) mass is 300 g/mol. The Hall–Kier alpha value is -2.36. The van der Waals surface area contributed by atoms with Gasteiger partial charge in [-0.3, -0.25) is 0 Å². The average Bonchev–Trinajstić information content (AvgIpc) is 2.53. The van der Waals surface area contributed by atoms with E-state index < -0.39 is 0 Å². The Bertz CT molecular complexity index is 568. The maximum absolute atomic E-state index is 5.62. The summed E-state index contributed by atoms with van der Waals surface area (Å²) in [5.41, 5.74) is 2.09. The van der Waals surface area contributed by atoms with Gasteiger partial charge in [0.15, 0.2) is 0 Å². The first-order valence-corrected chi connectivity index (χ1v) is 7.56. The van der Waals surface area contributed by atoms with E-state index in [-0.39, 0.29) is 6.10 Å². The molecule has 0 spiro atoms. The van der Waals surface area contributed by atoms with Gasteiger partial charge in [0, 0.05) is 18.8 Å². The number of hydrogen-bond donors (Lipinski definition) is 2. The van der Waals surface area contributed by atoms with Gasteiger partial charge in [-0.2, -0.15) is 0 Å². The van der Waals surface area contributed by atoms with Crippen LogP contribution in [-0.2, 0) is 0 Å². The molecule has 2 N–H and O–H groups in total. The van der Waals surface area contributed by atoms with E-state index in [2.05, 4.69) is 10.6 Å². The van der Waals surface area contributed by atoms with Crippen molar-refractivity contribution in [1.82, 2.24) is 0 Å². The SMILES string of the molecule is COc1ccccc1NCCNc1ccc(OC(C)C)cc1. The van der Waals surface area contributed by atoms with Crippen molar-refractivity contribution >= 4 is 11.4 Å². The Labute approximate surface area is 132 Å². The lowest BCUT2D eigenvalue weighted by atomic mass is 10.3. The number of para-hydroxylation sites is 2. The first-order chi connectivity index (χ1) is 10.7. The Morgan fingerprint density at radius 3 is 2.27 bits per heavy atom. The highest BCUT2D eigenvalue weighted by Gasteiger charge is 2.00. The molecular formula is C18H24N2O2. The summed E-state index contributed by atoms with van der Waals surface area (Å²) in [6, 6.07) is 15.9. The molecule has 22 heavy (non-hydrogen) atoms. The molecule has 4 nitrogen and oxygen atoms in total. The molecule has 0 aliphatic heterocycles. The second kappa shape index (κ2) is 8.17. The second-order valence-corrected chi connectivity index (χ2v) is 5.24. The fourth-order valence-corrected chi connectivity index (χ4v) is 2.12. The molecule has 0 amide bonds. The summed E-state index contributed by atoms with van der Waals surface area (Å²) in [5, 5.41) is 6.73. The molecule has 0 radical (unpaired) electrons. The highest BCUT2D eigenvalue weighted by Crippen LogP contribution is 2.22. The van der Waals surface area contributed by atoms with E-state index in [4.69, 9.17) is 9.47 Å². The second-order valence-electron chi connectivity index (χ2n) is 5.24. The van der Waals surface area contributed by atoms with Gasteiger partial charge in [0.1, 0.15) is 11.5 Å². The van der Waals surface area contributed by atoms with Crippen LogP contribution in [0.3, 0.4) is 0 Å². The van der Waals surface area contributed by atoms with Gasteiger partial charge in [-0.1, -0.05) is 12.1 Å². The highest BCUT2D eigenvalue weighted by molar-refractivity contribution is 5.56. The molecule has 0 bridgehead atoms. The van der Waals surface area contributed by atoms with Crippen molar-refractivity contribution in [3.63, 3.8) is 0 Å². The zero-order valence-corrected chi connectivity index (χ0v) is 13.4. The quantitative estimate of drug-likeness (QED) is 0.723. The van der Waals surface area contributed by atoms with Crippen molar-refractivity contribution < 1.29 is 9.47 Å². The van der Waals surface area contributed by atoms with Crippen LogP contribution in [0.15, 0.2) is 48.5 Å². The lowest BCUT2D eigenvalue weighted by Crippen LogP contribution is -2.14. The fourth-order valence-electron chi connectivity index (χ4n) is 2.12. The highest BCUT2D eigenvalue weighted by atomic mass is 16.5. The van der Waals surface area contributed by atoms with E-state index in [1.54, 1.807) is 7.11 Å². The van der Waals surface area contributed by atoms with Crippen LogP contribution in [0.2, 0.25) is 0 Å². The molecule has 118 valence electrons. The maximum atomic E-state index is 5.62. The largest absolute Gasteiger partial charge is 0.495 e. The molecule has 0 unspecified atom stereocenters. The number of benzene rings is 2. The van der Waals surface area contributed by atoms with Crippen LogP contribution in [0.25, 0.3) is 0 Å². The van der Waals surface area contributed by atoms with Crippen molar-refractivity contribution in [3.05, 3.63) is 48.5 Å². The van der Waals surface area contributed by atoms with E-state index in [1.165, 1.54) is 0 Å². The minimum atomic E-state index is 0.198. The maximum Gasteiger partial charge on any atom is 0.141 e. The van der Waals surface area contributed by atoms with Gasteiger partial charge < -0.3 is 20.1 Å². The molecule has 0 fully saturated rings. The Morgan fingerprint density at radius 1 is 0.909 bits per heavy atom. The lowest BCUT2D eigenvalue weighted by molar-refractivity contribution is 0.242. The van der Waals surface area contributed by atoms with Crippen LogP contribution in [-0.4, -0.2) is 26.3 Å². The summed E-state index contributed by atoms with van der Waals surface area (Å²) in [5.74, 6) is 1.75. The van der Waals surface area contributed by atoms with Crippen molar-refractivity contribution in [2.24, 2.45) is 0 Å². The van der Waals surface area contributed by atoms with Gasteiger partial charge in [-0.05, 0) is 50.2 Å². The first-order valence-electron chi connectivity index (χ1n) is 7.56. The topological polar surface area (TPSA) is 42.5 Å². The Balaban J connectivity index is 1.76. The zero-order chi connectivity index (χ0) is 15.8. The molecule has 0 saturated carbocycles. The molecule has 4 heteroatoms. The van der Waals surface area contributed by atoms with Crippen molar-refractivity contribution in [1.29, 1.82) is 0 Å². The molecule has 0 aliphatic rings. The van der Waals surface area contributed by atoms with Crippen LogP contribution in [0.5, 0.6) is 11.5 Å². The number of ether oxygens (including phenoxy) is 2. The van der Waals surface area contributed by atoms with Crippen LogP contribution in [0.4, 0.5) is 11.4 Å². The average molecular weight is 300 g/mol. The third-order valence-electron chi connectivity index (χ3n) is 3.10. The van der Waals surface area contributed by atoms with E-state index in [9.17, 15) is 0 Å². The molecule has 0 aromatic heterocycles. The molecule has 2 rings (SSSR count). The molecular weight excluding hydrogens is 276 g/mol. The predicted molar refractivity (Wildman–Crippen MR) is 92.2 cm³/mol. The van der Waals surface area contributed by atoms with Gasteiger partial charge in [0.2, 0.25) is 0 Å². The Morgan fingerprint density at radius 2 is 1.59 bits per heavy atom. The molecule has 0 atom stereocenters. The van der Waals surface area contributed by atoms with Gasteiger partial charge in [0.25, 0.3) is 0 Å². The molecule has 0 heterocycles. The van der Waals surface area contributed by atoms with Gasteiger partial charge in [-0.25, -0.2) is 0 Å². The lowest BCUT2D eigenvalue weighted by Gasteiger charge is -2.13. The predicted octanol–water partition coefficient (Wildman–Crippen LogP) is 4.01. The summed E-state index contributed by atoms with van der Waals surface area (Å²) in [7, 11) is 1.68. The van der Waals surface area contributed by atoms with Crippen molar-refractivity contribution in [2.45, 2.75) is 20.0 Å². The summed E-state index contributed by atoms with van der Waals surface area (Å²) in [6.07, 6.45) is 0.198. The van der Waals surface area contributed by atoms with E-state index in [0.717, 1.165) is 36.0 Å². The normalized spacial score (nSPS) is 10.4. The standard InChI is InChI=1S/C18H24N2O2/c1-14(2)22-16-10-8-15(9-11-16)19-12-13-20-17-6-4-5-7-18(17)21-3/h4-11,14,19-20H,12-13H2,1-3H3. The van der Waals surface area contributed by atoms with E-state index >= 15 is 0 Å². The molecule has 2 aromatic rings. The molecule has 0 aliphatic carbocycles. The number of hydrogen-bond acceptors (Lipinski definition) is 4.